The molecule has 0 bridgehead atoms. The molecule has 16 nitrogen and oxygen atoms in total. The molecule has 7 rings (SSSR count). The highest BCUT2D eigenvalue weighted by atomic mass is 16.7. The summed E-state index contributed by atoms with van der Waals surface area (Å²) < 4.78 is 41.4. The average molecular weight is 921 g/mol. The van der Waals surface area contributed by atoms with Crippen LogP contribution >= 0.6 is 0 Å². The molecule has 0 saturated carbocycles. The Bertz CT molecular complexity index is 2640. The third-order valence-electron chi connectivity index (χ3n) is 10.1. The zero-order valence-corrected chi connectivity index (χ0v) is 36.2. The minimum atomic E-state index is -1.84. The summed E-state index contributed by atoms with van der Waals surface area (Å²) in [7, 11) is 0. The first-order chi connectivity index (χ1) is 33.2. The van der Waals surface area contributed by atoms with Crippen molar-refractivity contribution in [2.75, 3.05) is 13.2 Å². The normalized spacial score (nSPS) is 17.4. The molecule has 0 aromatic heterocycles. The molecule has 1 aliphatic heterocycles. The molecule has 1 aliphatic rings. The zero-order valence-electron chi connectivity index (χ0n) is 36.2. The van der Waals surface area contributed by atoms with Gasteiger partial charge in [0.05, 0.1) is 28.9 Å². The van der Waals surface area contributed by atoms with Crippen LogP contribution in [0.3, 0.4) is 0 Å². The number of nitrogens with zero attached hydrogens (tertiary/aromatic N) is 1. The van der Waals surface area contributed by atoms with Crippen molar-refractivity contribution in [1.82, 2.24) is 5.32 Å². The summed E-state index contributed by atoms with van der Waals surface area (Å²) in [6.45, 7) is -1.69. The topological polar surface area (TPSA) is 201 Å². The van der Waals surface area contributed by atoms with Crippen LogP contribution in [0.2, 0.25) is 0 Å². The number of hydrogen-bond acceptors (Lipinski definition) is 15. The number of rotatable bonds is 18. The highest BCUT2D eigenvalue weighted by molar-refractivity contribution is 5.99. The van der Waals surface area contributed by atoms with Crippen LogP contribution in [0.5, 0.6) is 0 Å². The maximum absolute atomic E-state index is 14.0. The monoisotopic (exact) mass is 920 g/mol. The third kappa shape index (κ3) is 13.5. The first-order valence-electron chi connectivity index (χ1n) is 21.2. The maximum Gasteiger partial charge on any atom is 0.408 e. The lowest BCUT2D eigenvalue weighted by Crippen LogP contribution is -2.60. The second kappa shape index (κ2) is 24.2. The van der Waals surface area contributed by atoms with Crippen LogP contribution in [-0.2, 0) is 56.0 Å². The van der Waals surface area contributed by atoms with Crippen LogP contribution in [0.25, 0.3) is 0 Å². The predicted molar refractivity (Wildman–Crippen MR) is 242 cm³/mol. The molecule has 5 atom stereocenters. The molecule has 6 aromatic rings. The van der Waals surface area contributed by atoms with E-state index in [0.29, 0.717) is 11.1 Å². The SMILES string of the molecule is O=C(N[C@@H](CO[C@@H]1O[C@H](COC(=O)c2ccccc2)[C@H](OC(=O)c2ccccc2)[C@H](OC(=O)c2ccccc2)/C1=N\OC(=O)c1ccccc1)C(=O)OCc1ccccc1)OCc1ccccc1. The quantitative estimate of drug-likeness (QED) is 0.0390. The Morgan fingerprint density at radius 1 is 0.515 bits per heavy atom. The highest BCUT2D eigenvalue weighted by Gasteiger charge is 2.51. The van der Waals surface area contributed by atoms with E-state index in [1.807, 2.05) is 0 Å². The Hall–Kier alpha value is -8.47. The summed E-state index contributed by atoms with van der Waals surface area (Å²) in [5, 5.41) is 6.58. The lowest BCUT2D eigenvalue weighted by Gasteiger charge is -2.40. The number of amides is 1. The number of esters is 4. The highest BCUT2D eigenvalue weighted by Crippen LogP contribution is 2.28. The van der Waals surface area contributed by atoms with Crippen LogP contribution in [0.15, 0.2) is 187 Å². The standard InChI is InChI=1S/C52H44N2O14/c55-46(37-23-11-3-12-24-37)62-34-42-44(66-47(56)38-25-13-4-14-26-38)45(67-48(57)39-27-15-5-16-28-39)43(54-68-49(58)40-29-17-6-18-30-40)51(65-42)63-33-41(50(59)61-31-35-19-7-1-8-20-35)53-52(60)64-32-36-21-9-2-10-22-36/h1-30,41-42,44-45,51H,31-34H2,(H,53,60)/b54-43+/t41-,42+,44-,45+,51+/m0/s1. The Kier molecular flexibility index (Phi) is 16.9. The first-order valence-corrected chi connectivity index (χ1v) is 21.2. The number of oxime groups is 1. The number of benzene rings is 6. The van der Waals surface area contributed by atoms with Gasteiger partial charge in [-0.1, -0.05) is 139 Å². The van der Waals surface area contributed by atoms with Gasteiger partial charge < -0.3 is 43.3 Å². The van der Waals surface area contributed by atoms with E-state index in [0.717, 1.165) is 0 Å². The van der Waals surface area contributed by atoms with E-state index in [-0.39, 0.29) is 35.5 Å². The third-order valence-corrected chi connectivity index (χ3v) is 10.1. The van der Waals surface area contributed by atoms with Crippen molar-refractivity contribution >= 4 is 41.7 Å². The number of carbonyl (C=O) groups excluding carboxylic acids is 6. The van der Waals surface area contributed by atoms with E-state index >= 15 is 0 Å². The predicted octanol–water partition coefficient (Wildman–Crippen LogP) is 7.29. The molecule has 16 heteroatoms. The van der Waals surface area contributed by atoms with E-state index in [1.165, 1.54) is 48.5 Å². The Morgan fingerprint density at radius 3 is 1.47 bits per heavy atom. The molecule has 0 unspecified atom stereocenters. The molecule has 6 aromatic carbocycles. The van der Waals surface area contributed by atoms with Crippen LogP contribution in [0.1, 0.15) is 52.6 Å². The fourth-order valence-corrected chi connectivity index (χ4v) is 6.57. The molecular formula is C52H44N2O14. The van der Waals surface area contributed by atoms with E-state index < -0.39 is 85.5 Å². The molecule has 1 N–H and O–H groups in total. The number of carbonyl (C=O) groups is 6. The maximum atomic E-state index is 14.0. The smallest absolute Gasteiger partial charge is 0.408 e. The molecule has 1 heterocycles. The second-order valence-corrected chi connectivity index (χ2v) is 14.8. The second-order valence-electron chi connectivity index (χ2n) is 14.8. The fraction of sp³-hybridized carbons (Fsp3) is 0.173. The molecule has 0 aliphatic carbocycles. The molecule has 346 valence electrons. The van der Waals surface area contributed by atoms with Gasteiger partial charge in [0.15, 0.2) is 24.0 Å². The van der Waals surface area contributed by atoms with E-state index in [9.17, 15) is 28.8 Å². The first kappa shape index (κ1) is 47.5. The van der Waals surface area contributed by atoms with Crippen molar-refractivity contribution in [2.24, 2.45) is 5.16 Å². The van der Waals surface area contributed by atoms with Gasteiger partial charge in [-0.05, 0) is 59.7 Å². The molecule has 0 radical (unpaired) electrons. The van der Waals surface area contributed by atoms with Gasteiger partial charge in [0, 0.05) is 0 Å². The average Bonchev–Trinajstić information content (AvgIpc) is 3.39. The van der Waals surface area contributed by atoms with Gasteiger partial charge in [-0.3, -0.25) is 0 Å². The fourth-order valence-electron chi connectivity index (χ4n) is 6.57. The molecule has 1 amide bonds. The Labute approximate surface area is 390 Å². The van der Waals surface area contributed by atoms with Gasteiger partial charge in [0.2, 0.25) is 6.29 Å². The zero-order chi connectivity index (χ0) is 47.5. The van der Waals surface area contributed by atoms with Crippen molar-refractivity contribution in [3.63, 3.8) is 0 Å². The summed E-state index contributed by atoms with van der Waals surface area (Å²) in [4.78, 5) is 87.1. The number of alkyl carbamates (subject to hydrolysis) is 1. The van der Waals surface area contributed by atoms with Crippen LogP contribution in [-0.4, -0.2) is 85.5 Å². The van der Waals surface area contributed by atoms with Crippen LogP contribution < -0.4 is 5.32 Å². The van der Waals surface area contributed by atoms with E-state index in [2.05, 4.69) is 10.5 Å². The van der Waals surface area contributed by atoms with Gasteiger partial charge in [0.25, 0.3) is 0 Å². The summed E-state index contributed by atoms with van der Waals surface area (Å²) in [5.41, 5.74) is 1.26. The van der Waals surface area contributed by atoms with Gasteiger partial charge in [-0.25, -0.2) is 28.8 Å². The molecule has 1 fully saturated rings. The number of hydrogen-bond donors (Lipinski definition) is 1. The minimum Gasteiger partial charge on any atom is -0.459 e. The van der Waals surface area contributed by atoms with Crippen molar-refractivity contribution in [3.8, 4) is 0 Å². The summed E-state index contributed by atoms with van der Waals surface area (Å²) in [6, 6.07) is 47.5. The summed E-state index contributed by atoms with van der Waals surface area (Å²) in [6.07, 6.45) is -7.84. The molecular weight excluding hydrogens is 877 g/mol. The largest absolute Gasteiger partial charge is 0.459 e. The van der Waals surface area contributed by atoms with Crippen molar-refractivity contribution in [3.05, 3.63) is 215 Å². The summed E-state index contributed by atoms with van der Waals surface area (Å²) >= 11 is 0. The number of ether oxygens (including phenoxy) is 7. The molecule has 68 heavy (non-hydrogen) atoms. The van der Waals surface area contributed by atoms with Crippen molar-refractivity contribution in [1.29, 1.82) is 0 Å². The minimum absolute atomic E-state index is 0.0664. The van der Waals surface area contributed by atoms with Crippen molar-refractivity contribution < 1.29 is 66.8 Å². The number of nitrogens with one attached hydrogen (secondary N) is 1. The van der Waals surface area contributed by atoms with E-state index in [1.54, 1.807) is 133 Å². The summed E-state index contributed by atoms with van der Waals surface area (Å²) in [5.74, 6) is -4.53. The molecule has 1 saturated heterocycles. The van der Waals surface area contributed by atoms with Gasteiger partial charge in [-0.2, -0.15) is 0 Å². The van der Waals surface area contributed by atoms with E-state index in [4.69, 9.17) is 38.0 Å². The lowest BCUT2D eigenvalue weighted by molar-refractivity contribution is -0.205. The van der Waals surface area contributed by atoms with Crippen LogP contribution in [0.4, 0.5) is 4.79 Å². The lowest BCUT2D eigenvalue weighted by atomic mass is 9.98. The Balaban J connectivity index is 1.25. The Morgan fingerprint density at radius 2 is 0.956 bits per heavy atom. The van der Waals surface area contributed by atoms with Gasteiger partial charge in [-0.15, -0.1) is 0 Å². The molecule has 0 spiro atoms. The van der Waals surface area contributed by atoms with Gasteiger partial charge in [0.1, 0.15) is 25.9 Å². The van der Waals surface area contributed by atoms with Gasteiger partial charge >= 0.3 is 35.9 Å². The van der Waals surface area contributed by atoms with Crippen LogP contribution in [0, 0.1) is 0 Å². The van der Waals surface area contributed by atoms with Crippen molar-refractivity contribution in [2.45, 2.75) is 43.9 Å².